The first-order valence-electron chi connectivity index (χ1n) is 7.45. The summed E-state index contributed by atoms with van der Waals surface area (Å²) in [5, 5.41) is 13.4. The van der Waals surface area contributed by atoms with Gasteiger partial charge in [0.25, 0.3) is 0 Å². The van der Waals surface area contributed by atoms with Crippen LogP contribution in [0, 0.1) is 0 Å². The number of hydrogen-bond acceptors (Lipinski definition) is 5. The molecule has 1 saturated heterocycles. The van der Waals surface area contributed by atoms with Crippen molar-refractivity contribution in [3.63, 3.8) is 0 Å². The molecule has 0 bridgehead atoms. The maximum Gasteiger partial charge on any atom is 0.243 e. The van der Waals surface area contributed by atoms with Gasteiger partial charge in [0, 0.05) is 18.8 Å². The minimum Gasteiger partial charge on any atom is -0.349 e. The average molecular weight is 360 g/mol. The van der Waals surface area contributed by atoms with Crippen LogP contribution in [0.3, 0.4) is 0 Å². The van der Waals surface area contributed by atoms with Gasteiger partial charge in [-0.3, -0.25) is 14.3 Å². The smallest absolute Gasteiger partial charge is 0.243 e. The normalized spacial score (nSPS) is 22.5. The molecular weight excluding hydrogens is 338 g/mol. The molecular formula is C14H22ClN5O2S. The Morgan fingerprint density at radius 2 is 2.35 bits per heavy atom. The molecule has 0 aliphatic carbocycles. The van der Waals surface area contributed by atoms with Gasteiger partial charge in [-0.05, 0) is 19.9 Å². The molecule has 128 valence electrons. The highest BCUT2D eigenvalue weighted by Gasteiger charge is 2.37. The minimum absolute atomic E-state index is 0. The summed E-state index contributed by atoms with van der Waals surface area (Å²) in [4.78, 5) is 24.1. The first-order chi connectivity index (χ1) is 10.5. The van der Waals surface area contributed by atoms with Crippen LogP contribution in [-0.4, -0.2) is 44.7 Å². The molecule has 1 aromatic heterocycles. The maximum atomic E-state index is 12.2. The third kappa shape index (κ3) is 3.99. The Morgan fingerprint density at radius 1 is 1.57 bits per heavy atom. The van der Waals surface area contributed by atoms with E-state index in [1.165, 1.54) is 11.8 Å². The van der Waals surface area contributed by atoms with Gasteiger partial charge in [-0.1, -0.05) is 0 Å². The summed E-state index contributed by atoms with van der Waals surface area (Å²) in [6.07, 6.45) is 0. The number of halogens is 1. The van der Waals surface area contributed by atoms with Crippen molar-refractivity contribution in [3.8, 4) is 0 Å². The van der Waals surface area contributed by atoms with Crippen LogP contribution in [0.4, 0.5) is 0 Å². The molecule has 1 unspecified atom stereocenters. The second-order valence-corrected chi connectivity index (χ2v) is 7.73. The molecule has 0 radical (unpaired) electrons. The first kappa shape index (κ1) is 18.1. The quantitative estimate of drug-likeness (QED) is 0.709. The third-order valence-electron chi connectivity index (χ3n) is 3.94. The van der Waals surface area contributed by atoms with Crippen molar-refractivity contribution in [2.24, 2.45) is 0 Å². The summed E-state index contributed by atoms with van der Waals surface area (Å²) in [6.45, 7) is 6.70. The zero-order valence-electron chi connectivity index (χ0n) is 13.2. The molecule has 23 heavy (non-hydrogen) atoms. The summed E-state index contributed by atoms with van der Waals surface area (Å²) in [6, 6.07) is 1.54. The van der Waals surface area contributed by atoms with E-state index in [9.17, 15) is 9.59 Å². The molecule has 1 fully saturated rings. The Morgan fingerprint density at radius 3 is 3.04 bits per heavy atom. The van der Waals surface area contributed by atoms with Gasteiger partial charge in [-0.2, -0.15) is 5.10 Å². The Balaban J connectivity index is 0.00000192. The highest BCUT2D eigenvalue weighted by atomic mass is 35.5. The van der Waals surface area contributed by atoms with Crippen molar-refractivity contribution in [2.75, 3.05) is 12.3 Å². The fraction of sp³-hybridized carbons (Fsp3) is 0.643. The van der Waals surface area contributed by atoms with Crippen molar-refractivity contribution < 1.29 is 9.59 Å². The van der Waals surface area contributed by atoms with Gasteiger partial charge in [-0.15, -0.1) is 24.2 Å². The van der Waals surface area contributed by atoms with Crippen molar-refractivity contribution in [2.45, 2.75) is 44.3 Å². The summed E-state index contributed by atoms with van der Waals surface area (Å²) in [7, 11) is 0. The van der Waals surface area contributed by atoms with Crippen molar-refractivity contribution >= 4 is 36.0 Å². The van der Waals surface area contributed by atoms with Crippen LogP contribution >= 0.6 is 24.2 Å². The van der Waals surface area contributed by atoms with Gasteiger partial charge >= 0.3 is 0 Å². The van der Waals surface area contributed by atoms with E-state index in [0.29, 0.717) is 12.3 Å². The molecule has 2 aliphatic heterocycles. The average Bonchev–Trinajstić information content (AvgIpc) is 2.90. The Bertz CT molecular complexity index is 580. The molecule has 2 aliphatic rings. The van der Waals surface area contributed by atoms with E-state index in [4.69, 9.17) is 0 Å². The number of amides is 2. The number of aromatic nitrogens is 2. The number of rotatable bonds is 3. The van der Waals surface area contributed by atoms with E-state index in [1.807, 2.05) is 24.6 Å². The van der Waals surface area contributed by atoms with Gasteiger partial charge in [-0.25, -0.2) is 0 Å². The van der Waals surface area contributed by atoms with Crippen LogP contribution in [0.15, 0.2) is 6.07 Å². The summed E-state index contributed by atoms with van der Waals surface area (Å²) < 4.78 is 1.51. The van der Waals surface area contributed by atoms with Gasteiger partial charge < -0.3 is 16.0 Å². The van der Waals surface area contributed by atoms with Gasteiger partial charge in [0.2, 0.25) is 11.8 Å². The number of fused-ring (bicyclic) bond motifs is 1. The molecule has 7 nitrogen and oxygen atoms in total. The van der Waals surface area contributed by atoms with E-state index >= 15 is 0 Å². The standard InChI is InChI=1S/C14H21N5O2S.ClH/c1-14(2)13(21)17-11(8-22-14)12(20)16-6-9-5-10-7-15-3-4-19(10)18-9;/h5,11,15H,3-4,6-8H2,1-2H3,(H,16,20)(H,17,21);1H. The molecule has 3 rings (SSSR count). The van der Waals surface area contributed by atoms with Gasteiger partial charge in [0.1, 0.15) is 6.04 Å². The fourth-order valence-electron chi connectivity index (χ4n) is 2.51. The maximum absolute atomic E-state index is 12.2. The van der Waals surface area contributed by atoms with Crippen molar-refractivity contribution in [1.82, 2.24) is 25.7 Å². The molecule has 1 atom stereocenters. The van der Waals surface area contributed by atoms with E-state index in [2.05, 4.69) is 21.0 Å². The number of carbonyl (C=O) groups excluding carboxylic acids is 2. The third-order valence-corrected chi connectivity index (χ3v) is 5.35. The van der Waals surface area contributed by atoms with Gasteiger partial charge in [0.05, 0.1) is 29.2 Å². The fourth-order valence-corrected chi connectivity index (χ4v) is 3.52. The lowest BCUT2D eigenvalue weighted by Crippen LogP contribution is -2.57. The lowest BCUT2D eigenvalue weighted by atomic mass is 10.1. The minimum atomic E-state index is -0.468. The summed E-state index contributed by atoms with van der Waals surface area (Å²) >= 11 is 1.51. The molecule has 1 aromatic rings. The second kappa shape index (κ2) is 7.11. The number of nitrogens with zero attached hydrogens (tertiary/aromatic N) is 2. The van der Waals surface area contributed by atoms with Crippen molar-refractivity contribution in [1.29, 1.82) is 0 Å². The molecule has 2 amide bonds. The number of carbonyl (C=O) groups is 2. The first-order valence-corrected chi connectivity index (χ1v) is 8.43. The Labute approximate surface area is 145 Å². The highest BCUT2D eigenvalue weighted by molar-refractivity contribution is 8.01. The Kier molecular flexibility index (Phi) is 5.59. The topological polar surface area (TPSA) is 88.1 Å². The number of hydrogen-bond donors (Lipinski definition) is 3. The SMILES string of the molecule is CC1(C)SCC(C(=O)NCc2cc3n(n2)CCNC3)NC1=O.Cl. The largest absolute Gasteiger partial charge is 0.349 e. The lowest BCUT2D eigenvalue weighted by Gasteiger charge is -2.32. The van der Waals surface area contributed by atoms with Crippen LogP contribution in [0.1, 0.15) is 25.2 Å². The van der Waals surface area contributed by atoms with E-state index in [0.717, 1.165) is 31.0 Å². The summed E-state index contributed by atoms with van der Waals surface area (Å²) in [5.41, 5.74) is 1.99. The van der Waals surface area contributed by atoms with Crippen molar-refractivity contribution in [3.05, 3.63) is 17.5 Å². The molecule has 9 heteroatoms. The van der Waals surface area contributed by atoms with Crippen LogP contribution in [-0.2, 0) is 29.2 Å². The molecule has 0 spiro atoms. The molecule has 3 heterocycles. The molecule has 3 N–H and O–H groups in total. The van der Waals surface area contributed by atoms with Gasteiger partial charge in [0.15, 0.2) is 0 Å². The van der Waals surface area contributed by atoms with Crippen LogP contribution < -0.4 is 16.0 Å². The predicted octanol–water partition coefficient (Wildman–Crippen LogP) is 0.0345. The Hall–Kier alpha value is -1.25. The number of thioether (sulfide) groups is 1. The molecule has 0 saturated carbocycles. The predicted molar refractivity (Wildman–Crippen MR) is 91.5 cm³/mol. The van der Waals surface area contributed by atoms with Crippen LogP contribution in [0.25, 0.3) is 0 Å². The number of nitrogens with one attached hydrogen (secondary N) is 3. The lowest BCUT2D eigenvalue weighted by molar-refractivity contribution is -0.129. The van der Waals surface area contributed by atoms with E-state index < -0.39 is 10.8 Å². The zero-order valence-corrected chi connectivity index (χ0v) is 14.9. The second-order valence-electron chi connectivity index (χ2n) is 6.09. The highest BCUT2D eigenvalue weighted by Crippen LogP contribution is 2.28. The van der Waals surface area contributed by atoms with Crippen LogP contribution in [0.5, 0.6) is 0 Å². The zero-order chi connectivity index (χ0) is 15.7. The monoisotopic (exact) mass is 359 g/mol. The summed E-state index contributed by atoms with van der Waals surface area (Å²) in [5.74, 6) is 0.349. The van der Waals surface area contributed by atoms with E-state index in [-0.39, 0.29) is 24.2 Å². The van der Waals surface area contributed by atoms with E-state index in [1.54, 1.807) is 0 Å². The van der Waals surface area contributed by atoms with Crippen LogP contribution in [0.2, 0.25) is 0 Å². The molecule has 0 aromatic carbocycles.